The summed E-state index contributed by atoms with van der Waals surface area (Å²) >= 11 is 0. The second kappa shape index (κ2) is 6.88. The number of ether oxygens (including phenoxy) is 1. The third-order valence-corrected chi connectivity index (χ3v) is 3.03. The van der Waals surface area contributed by atoms with Gasteiger partial charge in [0.25, 0.3) is 0 Å². The molecule has 0 aliphatic heterocycles. The lowest BCUT2D eigenvalue weighted by atomic mass is 10.1. The Morgan fingerprint density at radius 1 is 1.10 bits per heavy atom. The van der Waals surface area contributed by atoms with E-state index in [-0.39, 0.29) is 6.04 Å². The fraction of sp³-hybridized carbons (Fsp3) is 0.400. The Bertz CT molecular complexity index is 585. The van der Waals surface area contributed by atoms with Gasteiger partial charge in [-0.15, -0.1) is 0 Å². The van der Waals surface area contributed by atoms with Gasteiger partial charge in [-0.05, 0) is 26.3 Å². The van der Waals surface area contributed by atoms with E-state index in [1.165, 1.54) is 11.1 Å². The minimum absolute atomic E-state index is 0.0900. The number of hydrogen-bond acceptors (Lipinski definition) is 6. The van der Waals surface area contributed by atoms with Crippen molar-refractivity contribution in [3.63, 3.8) is 0 Å². The van der Waals surface area contributed by atoms with Gasteiger partial charge in [0.05, 0.1) is 12.6 Å². The van der Waals surface area contributed by atoms with Crippen LogP contribution in [0.4, 0.5) is 11.9 Å². The molecule has 2 rings (SSSR count). The van der Waals surface area contributed by atoms with Gasteiger partial charge < -0.3 is 15.4 Å². The largest absolute Gasteiger partial charge is 0.464 e. The number of hydrogen-bond donors (Lipinski definition) is 2. The molecule has 112 valence electrons. The van der Waals surface area contributed by atoms with E-state index >= 15 is 0 Å². The predicted molar refractivity (Wildman–Crippen MR) is 83.8 cm³/mol. The van der Waals surface area contributed by atoms with Crippen molar-refractivity contribution in [2.24, 2.45) is 0 Å². The molecule has 0 saturated heterocycles. The zero-order valence-electron chi connectivity index (χ0n) is 12.8. The maximum atomic E-state index is 5.35. The Morgan fingerprint density at radius 3 is 2.38 bits per heavy atom. The highest BCUT2D eigenvalue weighted by Gasteiger charge is 2.10. The second-order valence-electron chi connectivity index (χ2n) is 4.72. The smallest absolute Gasteiger partial charge is 0.323 e. The third-order valence-electron chi connectivity index (χ3n) is 3.03. The molecule has 0 bridgehead atoms. The number of nitrogens with one attached hydrogen (secondary N) is 2. The van der Waals surface area contributed by atoms with E-state index in [9.17, 15) is 0 Å². The third kappa shape index (κ3) is 4.05. The van der Waals surface area contributed by atoms with E-state index in [2.05, 4.69) is 63.7 Å². The molecule has 1 aromatic heterocycles. The normalized spacial score (nSPS) is 11.8. The number of nitrogens with zero attached hydrogens (tertiary/aromatic N) is 3. The summed E-state index contributed by atoms with van der Waals surface area (Å²) < 4.78 is 5.35. The second-order valence-corrected chi connectivity index (χ2v) is 4.72. The highest BCUT2D eigenvalue weighted by atomic mass is 16.5. The van der Waals surface area contributed by atoms with Gasteiger partial charge in [0.2, 0.25) is 11.9 Å². The maximum Gasteiger partial charge on any atom is 0.323 e. The zero-order chi connectivity index (χ0) is 15.2. The van der Waals surface area contributed by atoms with E-state index in [1.54, 1.807) is 7.05 Å². The van der Waals surface area contributed by atoms with E-state index in [0.717, 1.165) is 0 Å². The lowest BCUT2D eigenvalue weighted by Crippen LogP contribution is -2.12. The van der Waals surface area contributed by atoms with E-state index in [4.69, 9.17) is 4.74 Å². The van der Waals surface area contributed by atoms with Crippen molar-refractivity contribution in [3.8, 4) is 6.01 Å². The van der Waals surface area contributed by atoms with Crippen molar-refractivity contribution >= 4 is 11.9 Å². The first-order valence-corrected chi connectivity index (χ1v) is 7.02. The van der Waals surface area contributed by atoms with Crippen molar-refractivity contribution in [2.75, 3.05) is 24.3 Å². The lowest BCUT2D eigenvalue weighted by Gasteiger charge is -2.15. The van der Waals surface area contributed by atoms with Gasteiger partial charge in [0.15, 0.2) is 0 Å². The van der Waals surface area contributed by atoms with Crippen LogP contribution in [0, 0.1) is 6.92 Å². The number of aryl methyl sites for hydroxylation is 1. The Balaban J connectivity index is 2.17. The highest BCUT2D eigenvalue weighted by Crippen LogP contribution is 2.19. The summed E-state index contributed by atoms with van der Waals surface area (Å²) in [4.78, 5) is 12.7. The average Bonchev–Trinajstić information content (AvgIpc) is 2.48. The van der Waals surface area contributed by atoms with E-state index in [0.29, 0.717) is 24.5 Å². The van der Waals surface area contributed by atoms with Gasteiger partial charge in [0, 0.05) is 7.05 Å². The molecule has 6 nitrogen and oxygen atoms in total. The minimum Gasteiger partial charge on any atom is -0.464 e. The minimum atomic E-state index is 0.0900. The standard InChI is InChI=1S/C15H21N5O/c1-5-21-15-19-13(16-4)18-14(20-15)17-11(3)12-8-6-10(2)7-9-12/h6-9,11H,5H2,1-4H3,(H2,16,17,18,19,20). The fourth-order valence-electron chi connectivity index (χ4n) is 1.86. The molecule has 0 aliphatic rings. The molecule has 1 atom stereocenters. The summed E-state index contributed by atoms with van der Waals surface area (Å²) in [5.41, 5.74) is 2.41. The summed E-state index contributed by atoms with van der Waals surface area (Å²) in [6.07, 6.45) is 0. The molecule has 6 heteroatoms. The Kier molecular flexibility index (Phi) is 4.92. The monoisotopic (exact) mass is 287 g/mol. The quantitative estimate of drug-likeness (QED) is 0.851. The molecular formula is C15H21N5O. The van der Waals surface area contributed by atoms with Crippen LogP contribution in [0.2, 0.25) is 0 Å². The molecule has 0 saturated carbocycles. The van der Waals surface area contributed by atoms with E-state index < -0.39 is 0 Å². The number of benzene rings is 1. The molecule has 1 aromatic carbocycles. The lowest BCUT2D eigenvalue weighted by molar-refractivity contribution is 0.312. The first-order chi connectivity index (χ1) is 10.1. The number of rotatable bonds is 6. The molecule has 1 unspecified atom stereocenters. The Labute approximate surface area is 125 Å². The number of anilines is 2. The first-order valence-electron chi connectivity index (χ1n) is 7.02. The molecule has 1 heterocycles. The Morgan fingerprint density at radius 2 is 1.76 bits per heavy atom. The molecule has 0 aliphatic carbocycles. The molecule has 0 spiro atoms. The predicted octanol–water partition coefficient (Wildman–Crippen LogP) is 2.79. The molecule has 2 N–H and O–H groups in total. The summed E-state index contributed by atoms with van der Waals surface area (Å²) in [6.45, 7) is 6.54. The van der Waals surface area contributed by atoms with Crippen LogP contribution in [0.1, 0.15) is 31.0 Å². The number of aromatic nitrogens is 3. The van der Waals surface area contributed by atoms with Crippen LogP contribution >= 0.6 is 0 Å². The van der Waals surface area contributed by atoms with Crippen molar-refractivity contribution in [2.45, 2.75) is 26.8 Å². The summed E-state index contributed by atoms with van der Waals surface area (Å²) in [5.74, 6) is 0.970. The van der Waals surface area contributed by atoms with Gasteiger partial charge in [-0.25, -0.2) is 0 Å². The van der Waals surface area contributed by atoms with Crippen molar-refractivity contribution in [3.05, 3.63) is 35.4 Å². The van der Waals surface area contributed by atoms with Gasteiger partial charge in [-0.3, -0.25) is 0 Å². The van der Waals surface area contributed by atoms with Crippen LogP contribution in [-0.2, 0) is 0 Å². The van der Waals surface area contributed by atoms with Crippen LogP contribution in [0.25, 0.3) is 0 Å². The van der Waals surface area contributed by atoms with Crippen LogP contribution in [0.3, 0.4) is 0 Å². The summed E-state index contributed by atoms with van der Waals surface area (Å²) in [6, 6.07) is 8.77. The highest BCUT2D eigenvalue weighted by molar-refractivity contribution is 5.38. The molecule has 21 heavy (non-hydrogen) atoms. The van der Waals surface area contributed by atoms with Gasteiger partial charge in [-0.2, -0.15) is 15.0 Å². The van der Waals surface area contributed by atoms with Crippen LogP contribution in [-0.4, -0.2) is 28.6 Å². The fourth-order valence-corrected chi connectivity index (χ4v) is 1.86. The van der Waals surface area contributed by atoms with Gasteiger partial charge in [-0.1, -0.05) is 29.8 Å². The zero-order valence-corrected chi connectivity index (χ0v) is 12.8. The molecule has 0 fully saturated rings. The molecular weight excluding hydrogens is 266 g/mol. The van der Waals surface area contributed by atoms with E-state index in [1.807, 2.05) is 6.92 Å². The molecule has 0 amide bonds. The summed E-state index contributed by atoms with van der Waals surface area (Å²) in [5, 5.41) is 6.17. The first kappa shape index (κ1) is 15.0. The maximum absolute atomic E-state index is 5.35. The van der Waals surface area contributed by atoms with Crippen molar-refractivity contribution in [1.29, 1.82) is 0 Å². The van der Waals surface area contributed by atoms with Crippen LogP contribution < -0.4 is 15.4 Å². The molecule has 2 aromatic rings. The average molecular weight is 287 g/mol. The van der Waals surface area contributed by atoms with Crippen molar-refractivity contribution in [1.82, 2.24) is 15.0 Å². The molecule has 0 radical (unpaired) electrons. The van der Waals surface area contributed by atoms with Gasteiger partial charge >= 0.3 is 6.01 Å². The topological polar surface area (TPSA) is 72.0 Å². The Hall–Kier alpha value is -2.37. The van der Waals surface area contributed by atoms with Gasteiger partial charge in [0.1, 0.15) is 0 Å². The SMILES string of the molecule is CCOc1nc(NC)nc(NC(C)c2ccc(C)cc2)n1. The van der Waals surface area contributed by atoms with Crippen LogP contribution in [0.15, 0.2) is 24.3 Å². The van der Waals surface area contributed by atoms with Crippen molar-refractivity contribution < 1.29 is 4.74 Å². The summed E-state index contributed by atoms with van der Waals surface area (Å²) in [7, 11) is 1.76. The van der Waals surface area contributed by atoms with Crippen LogP contribution in [0.5, 0.6) is 6.01 Å².